The van der Waals surface area contributed by atoms with Crippen LogP contribution in [0.3, 0.4) is 0 Å². The Balaban J connectivity index is 2.40. The first-order valence-corrected chi connectivity index (χ1v) is 5.69. The topological polar surface area (TPSA) is 61.8 Å². The summed E-state index contributed by atoms with van der Waals surface area (Å²) in [6.07, 6.45) is 1.10. The van der Waals surface area contributed by atoms with E-state index in [-0.39, 0.29) is 12.4 Å². The predicted octanol–water partition coefficient (Wildman–Crippen LogP) is 1.92. The summed E-state index contributed by atoms with van der Waals surface area (Å²) in [6.45, 7) is 1.98. The van der Waals surface area contributed by atoms with Crippen LogP contribution in [0, 0.1) is 0 Å². The number of esters is 2. The Bertz CT molecular complexity index is 594. The zero-order chi connectivity index (χ0) is 13.8. The molecule has 0 aromatic heterocycles. The molecular formula is C14H12O5. The number of cyclic esters (lactones) is 1. The van der Waals surface area contributed by atoms with Crippen LogP contribution in [0.4, 0.5) is 0 Å². The van der Waals surface area contributed by atoms with E-state index in [1.165, 1.54) is 7.11 Å². The smallest absolute Gasteiger partial charge is 0.344 e. The number of carbonyl (C=O) groups excluding carboxylic acids is 2. The minimum atomic E-state index is -0.539. The van der Waals surface area contributed by atoms with Crippen molar-refractivity contribution >= 4 is 17.7 Å². The maximum atomic E-state index is 11.6. The lowest BCUT2D eigenvalue weighted by molar-refractivity contribution is -0.137. The summed E-state index contributed by atoms with van der Waals surface area (Å²) in [5, 5.41) is 0. The van der Waals surface area contributed by atoms with E-state index in [1.807, 2.05) is 0 Å². The molecule has 0 saturated carbocycles. The summed E-state index contributed by atoms with van der Waals surface area (Å²) >= 11 is 0. The van der Waals surface area contributed by atoms with Gasteiger partial charge in [0.05, 0.1) is 25.4 Å². The van der Waals surface area contributed by atoms with Crippen molar-refractivity contribution in [2.45, 2.75) is 6.92 Å². The molecule has 0 radical (unpaired) electrons. The molecule has 0 fully saturated rings. The number of benzene rings is 1. The molecule has 2 rings (SSSR count). The lowest BCUT2D eigenvalue weighted by Gasteiger charge is -2.00. The second-order valence-electron chi connectivity index (χ2n) is 3.67. The van der Waals surface area contributed by atoms with Crippen molar-refractivity contribution in [3.63, 3.8) is 0 Å². The number of methoxy groups -OCH3 is 1. The fourth-order valence-electron chi connectivity index (χ4n) is 1.63. The molecule has 0 saturated heterocycles. The van der Waals surface area contributed by atoms with Gasteiger partial charge in [-0.15, -0.1) is 0 Å². The van der Waals surface area contributed by atoms with Crippen LogP contribution in [0.5, 0.6) is 5.75 Å². The highest BCUT2D eigenvalue weighted by molar-refractivity contribution is 6.03. The highest BCUT2D eigenvalue weighted by atomic mass is 16.5. The predicted molar refractivity (Wildman–Crippen MR) is 66.5 cm³/mol. The van der Waals surface area contributed by atoms with Crippen molar-refractivity contribution in [2.24, 2.45) is 0 Å². The van der Waals surface area contributed by atoms with Crippen LogP contribution >= 0.6 is 0 Å². The molecule has 0 N–H and O–H groups in total. The lowest BCUT2D eigenvalue weighted by Crippen LogP contribution is -1.98. The van der Waals surface area contributed by atoms with E-state index in [4.69, 9.17) is 14.2 Å². The van der Waals surface area contributed by atoms with Crippen LogP contribution in [0.1, 0.15) is 22.8 Å². The van der Waals surface area contributed by atoms with Crippen molar-refractivity contribution < 1.29 is 23.8 Å². The van der Waals surface area contributed by atoms with Crippen LogP contribution < -0.4 is 4.74 Å². The normalized spacial score (nSPS) is 12.3. The number of rotatable bonds is 3. The SMILES string of the molecule is CCOC(=O)C=C=C1OC(=O)c2ccc(OC)cc21. The molecule has 1 aliphatic heterocycles. The molecule has 5 heteroatoms. The Morgan fingerprint density at radius 3 is 2.89 bits per heavy atom. The van der Waals surface area contributed by atoms with Crippen LogP contribution in [0.2, 0.25) is 0 Å². The van der Waals surface area contributed by atoms with Crippen molar-refractivity contribution in [2.75, 3.05) is 13.7 Å². The largest absolute Gasteiger partial charge is 0.497 e. The standard InChI is InChI=1S/C14H12O5/c1-3-18-13(15)7-6-12-11-8-9(17-2)4-5-10(11)14(16)19-12/h4-5,7-8H,3H2,1-2H3. The summed E-state index contributed by atoms with van der Waals surface area (Å²) in [6, 6.07) is 4.93. The molecule has 1 heterocycles. The third-order valence-corrected chi connectivity index (χ3v) is 2.49. The van der Waals surface area contributed by atoms with E-state index < -0.39 is 11.9 Å². The Morgan fingerprint density at radius 1 is 1.42 bits per heavy atom. The number of ether oxygens (including phenoxy) is 3. The van der Waals surface area contributed by atoms with Crippen LogP contribution in [0.15, 0.2) is 30.0 Å². The zero-order valence-electron chi connectivity index (χ0n) is 10.6. The molecule has 0 atom stereocenters. The Kier molecular flexibility index (Phi) is 3.68. The molecule has 0 amide bonds. The van der Waals surface area contributed by atoms with Gasteiger partial charge in [-0.05, 0) is 25.1 Å². The summed E-state index contributed by atoms with van der Waals surface area (Å²) in [4.78, 5) is 22.8. The molecule has 1 aromatic rings. The molecule has 19 heavy (non-hydrogen) atoms. The Labute approximate surface area is 110 Å². The minimum absolute atomic E-state index is 0.187. The van der Waals surface area contributed by atoms with Crippen molar-refractivity contribution in [1.82, 2.24) is 0 Å². The first-order chi connectivity index (χ1) is 9.15. The zero-order valence-corrected chi connectivity index (χ0v) is 10.6. The van der Waals surface area contributed by atoms with Crippen LogP contribution in [0.25, 0.3) is 5.76 Å². The number of hydrogen-bond donors (Lipinski definition) is 0. The van der Waals surface area contributed by atoms with E-state index in [9.17, 15) is 9.59 Å². The molecule has 0 bridgehead atoms. The van der Waals surface area contributed by atoms with Gasteiger partial charge in [-0.25, -0.2) is 9.59 Å². The summed E-state index contributed by atoms with van der Waals surface area (Å²) < 4.78 is 14.8. The maximum absolute atomic E-state index is 11.6. The molecule has 0 unspecified atom stereocenters. The van der Waals surface area contributed by atoms with Gasteiger partial charge in [0.15, 0.2) is 5.76 Å². The summed E-state index contributed by atoms with van der Waals surface area (Å²) in [5.41, 5.74) is 3.59. The Morgan fingerprint density at radius 2 is 2.21 bits per heavy atom. The summed E-state index contributed by atoms with van der Waals surface area (Å²) in [5.74, 6) is -0.237. The van der Waals surface area contributed by atoms with E-state index >= 15 is 0 Å². The maximum Gasteiger partial charge on any atom is 0.344 e. The van der Waals surface area contributed by atoms with E-state index in [0.717, 1.165) is 6.08 Å². The molecular weight excluding hydrogens is 248 g/mol. The monoisotopic (exact) mass is 260 g/mol. The van der Waals surface area contributed by atoms with Gasteiger partial charge in [0.2, 0.25) is 0 Å². The highest BCUT2D eigenvalue weighted by Gasteiger charge is 2.26. The van der Waals surface area contributed by atoms with Crippen molar-refractivity contribution in [3.8, 4) is 5.75 Å². The lowest BCUT2D eigenvalue weighted by atomic mass is 10.1. The molecule has 5 nitrogen and oxygen atoms in total. The third kappa shape index (κ3) is 2.67. The van der Waals surface area contributed by atoms with Gasteiger partial charge in [0.25, 0.3) is 0 Å². The second-order valence-corrected chi connectivity index (χ2v) is 3.67. The molecule has 0 spiro atoms. The molecule has 0 aliphatic carbocycles. The first kappa shape index (κ1) is 12.9. The fourth-order valence-corrected chi connectivity index (χ4v) is 1.63. The molecule has 1 aromatic carbocycles. The van der Waals surface area contributed by atoms with Gasteiger partial charge >= 0.3 is 11.9 Å². The van der Waals surface area contributed by atoms with E-state index in [2.05, 4.69) is 5.73 Å². The van der Waals surface area contributed by atoms with Crippen molar-refractivity contribution in [3.05, 3.63) is 41.1 Å². The van der Waals surface area contributed by atoms with Crippen LogP contribution in [-0.2, 0) is 14.3 Å². The van der Waals surface area contributed by atoms with Gasteiger partial charge in [0.1, 0.15) is 5.75 Å². The van der Waals surface area contributed by atoms with Gasteiger partial charge < -0.3 is 14.2 Å². The van der Waals surface area contributed by atoms with E-state index in [1.54, 1.807) is 25.1 Å². The average Bonchev–Trinajstić information content (AvgIpc) is 2.73. The number of hydrogen-bond acceptors (Lipinski definition) is 5. The van der Waals surface area contributed by atoms with Gasteiger partial charge in [-0.2, -0.15) is 0 Å². The van der Waals surface area contributed by atoms with E-state index in [0.29, 0.717) is 16.9 Å². The number of fused-ring (bicyclic) bond motifs is 1. The fraction of sp³-hybridized carbons (Fsp3) is 0.214. The average molecular weight is 260 g/mol. The second kappa shape index (κ2) is 5.42. The van der Waals surface area contributed by atoms with Gasteiger partial charge in [-0.3, -0.25) is 0 Å². The number of carbonyl (C=O) groups is 2. The highest BCUT2D eigenvalue weighted by Crippen LogP contribution is 2.31. The van der Waals surface area contributed by atoms with Gasteiger partial charge in [-0.1, -0.05) is 5.73 Å². The summed E-state index contributed by atoms with van der Waals surface area (Å²) in [7, 11) is 1.52. The van der Waals surface area contributed by atoms with Crippen molar-refractivity contribution in [1.29, 1.82) is 0 Å². The minimum Gasteiger partial charge on any atom is -0.497 e. The molecule has 98 valence electrons. The van der Waals surface area contributed by atoms with Gasteiger partial charge in [0, 0.05) is 5.56 Å². The third-order valence-electron chi connectivity index (χ3n) is 2.49. The molecule has 1 aliphatic rings. The Hall–Kier alpha value is -2.52. The first-order valence-electron chi connectivity index (χ1n) is 5.69. The quantitative estimate of drug-likeness (QED) is 0.472. The van der Waals surface area contributed by atoms with Crippen LogP contribution in [-0.4, -0.2) is 25.7 Å².